The van der Waals surface area contributed by atoms with Crippen LogP contribution in [-0.4, -0.2) is 52.3 Å². The van der Waals surface area contributed by atoms with Crippen molar-refractivity contribution >= 4 is 33.0 Å². The zero-order valence-corrected chi connectivity index (χ0v) is 20.2. The number of aromatic nitrogens is 3. The number of rotatable bonds is 7. The van der Waals surface area contributed by atoms with Crippen LogP contribution < -0.4 is 11.0 Å². The van der Waals surface area contributed by atoms with E-state index in [1.54, 1.807) is 4.57 Å². The summed E-state index contributed by atoms with van der Waals surface area (Å²) in [6, 6.07) is 11.3. The summed E-state index contributed by atoms with van der Waals surface area (Å²) in [5.41, 5.74) is 1.45. The predicted molar refractivity (Wildman–Crippen MR) is 129 cm³/mol. The third-order valence-electron chi connectivity index (χ3n) is 5.82. The Bertz CT molecular complexity index is 1270. The quantitative estimate of drug-likeness (QED) is 0.549. The van der Waals surface area contributed by atoms with Gasteiger partial charge in [-0.3, -0.25) is 4.79 Å². The number of aryl methyl sites for hydroxylation is 1. The summed E-state index contributed by atoms with van der Waals surface area (Å²) >= 11 is 1.41. The van der Waals surface area contributed by atoms with Crippen molar-refractivity contribution in [2.75, 3.05) is 24.7 Å². The van der Waals surface area contributed by atoms with Crippen molar-refractivity contribution in [3.05, 3.63) is 63.7 Å². The minimum atomic E-state index is -3.25. The Morgan fingerprint density at radius 3 is 2.45 bits per heavy atom. The number of sulfonamides is 1. The van der Waals surface area contributed by atoms with E-state index in [0.717, 1.165) is 11.4 Å². The molecule has 0 unspecified atom stereocenters. The molecule has 0 radical (unpaired) electrons. The fourth-order valence-corrected chi connectivity index (χ4v) is 5.61. The average Bonchev–Trinajstić information content (AvgIpc) is 3.42. The van der Waals surface area contributed by atoms with E-state index in [4.69, 9.17) is 0 Å². The highest BCUT2D eigenvalue weighted by atomic mass is 32.2. The number of benzene rings is 1. The Kier molecular flexibility index (Phi) is 6.82. The van der Waals surface area contributed by atoms with Crippen LogP contribution in [0.4, 0.5) is 5.69 Å². The van der Waals surface area contributed by atoms with Gasteiger partial charge in [-0.2, -0.15) is 5.10 Å². The van der Waals surface area contributed by atoms with E-state index in [1.807, 2.05) is 41.8 Å². The Labute approximate surface area is 196 Å². The van der Waals surface area contributed by atoms with Crippen molar-refractivity contribution in [2.24, 2.45) is 0 Å². The van der Waals surface area contributed by atoms with Crippen LogP contribution in [0.2, 0.25) is 0 Å². The molecule has 4 rings (SSSR count). The second-order valence-corrected chi connectivity index (χ2v) is 11.0. The van der Waals surface area contributed by atoms with Gasteiger partial charge in [-0.25, -0.2) is 26.8 Å². The summed E-state index contributed by atoms with van der Waals surface area (Å²) in [6.07, 6.45) is 3.24. The standard InChI is InChI=1S/C22H27N5O4S2/c1-3-16-6-8-18(9-7-16)23-19(28)15-26-22(29)27(20-5-4-14-32-20)21(24-26)17-10-12-25(13-11-17)33(2,30)31/h4-9,14,17H,3,10-13,15H2,1-2H3,(H,23,28). The maximum Gasteiger partial charge on any atom is 0.351 e. The van der Waals surface area contributed by atoms with Gasteiger partial charge < -0.3 is 5.32 Å². The summed E-state index contributed by atoms with van der Waals surface area (Å²) in [7, 11) is -3.25. The van der Waals surface area contributed by atoms with Crippen LogP contribution in [0.15, 0.2) is 46.6 Å². The molecule has 1 aliphatic heterocycles. The lowest BCUT2D eigenvalue weighted by Gasteiger charge is -2.29. The van der Waals surface area contributed by atoms with Crippen LogP contribution in [0.25, 0.3) is 5.00 Å². The number of nitrogens with zero attached hydrogens (tertiary/aromatic N) is 4. The van der Waals surface area contributed by atoms with Crippen LogP contribution in [0, 0.1) is 0 Å². The molecule has 1 aliphatic rings. The lowest BCUT2D eigenvalue weighted by molar-refractivity contribution is -0.117. The molecule has 0 bridgehead atoms. The predicted octanol–water partition coefficient (Wildman–Crippen LogP) is 2.44. The number of carbonyl (C=O) groups excluding carboxylic acids is 1. The first-order chi connectivity index (χ1) is 15.8. The largest absolute Gasteiger partial charge is 0.351 e. The van der Waals surface area contributed by atoms with E-state index >= 15 is 0 Å². The van der Waals surface area contributed by atoms with Gasteiger partial charge in [0.05, 0.1) is 6.26 Å². The minimum Gasteiger partial charge on any atom is -0.324 e. The second kappa shape index (κ2) is 9.62. The highest BCUT2D eigenvalue weighted by Gasteiger charge is 2.30. The Balaban J connectivity index is 1.57. The third kappa shape index (κ3) is 5.26. The molecule has 2 aromatic heterocycles. The van der Waals surface area contributed by atoms with E-state index in [-0.39, 0.29) is 24.1 Å². The first-order valence-corrected chi connectivity index (χ1v) is 13.6. The van der Waals surface area contributed by atoms with Gasteiger partial charge in [-0.1, -0.05) is 19.1 Å². The molecular weight excluding hydrogens is 462 g/mol. The van der Waals surface area contributed by atoms with Crippen molar-refractivity contribution < 1.29 is 13.2 Å². The molecule has 3 aromatic rings. The van der Waals surface area contributed by atoms with Gasteiger partial charge in [0.1, 0.15) is 17.4 Å². The van der Waals surface area contributed by atoms with E-state index in [2.05, 4.69) is 17.3 Å². The molecule has 0 aliphatic carbocycles. The molecule has 1 saturated heterocycles. The molecular formula is C22H27N5O4S2. The SMILES string of the molecule is CCc1ccc(NC(=O)Cn2nc(C3CCN(S(C)(=O)=O)CC3)n(-c3cccs3)c2=O)cc1. The van der Waals surface area contributed by atoms with Gasteiger partial charge in [-0.05, 0) is 54.5 Å². The molecule has 33 heavy (non-hydrogen) atoms. The van der Waals surface area contributed by atoms with Crippen LogP contribution in [0.1, 0.15) is 37.1 Å². The number of carbonyl (C=O) groups is 1. The number of thiophene rings is 1. The van der Waals surface area contributed by atoms with Crippen LogP contribution in [-0.2, 0) is 27.8 Å². The fraction of sp³-hybridized carbons (Fsp3) is 0.409. The highest BCUT2D eigenvalue weighted by molar-refractivity contribution is 7.88. The summed E-state index contributed by atoms with van der Waals surface area (Å²) in [5, 5.41) is 9.95. The maximum atomic E-state index is 13.2. The minimum absolute atomic E-state index is 0.0799. The molecule has 176 valence electrons. The van der Waals surface area contributed by atoms with Gasteiger partial charge >= 0.3 is 5.69 Å². The summed E-state index contributed by atoms with van der Waals surface area (Å²) in [5.74, 6) is 0.148. The average molecular weight is 490 g/mol. The Hall–Kier alpha value is -2.76. The zero-order chi connectivity index (χ0) is 23.6. The number of anilines is 1. The van der Waals surface area contributed by atoms with E-state index in [9.17, 15) is 18.0 Å². The first-order valence-electron chi connectivity index (χ1n) is 10.8. The molecule has 11 heteroatoms. The van der Waals surface area contributed by atoms with Gasteiger partial charge in [-0.15, -0.1) is 11.3 Å². The van der Waals surface area contributed by atoms with Crippen molar-refractivity contribution in [1.29, 1.82) is 0 Å². The first kappa shape index (κ1) is 23.4. The number of amides is 1. The molecule has 3 heterocycles. The van der Waals surface area contributed by atoms with E-state index in [1.165, 1.54) is 32.1 Å². The third-order valence-corrected chi connectivity index (χ3v) is 7.97. The molecule has 0 spiro atoms. The zero-order valence-electron chi connectivity index (χ0n) is 18.6. The number of hydrogen-bond acceptors (Lipinski definition) is 6. The van der Waals surface area contributed by atoms with Gasteiger partial charge in [0, 0.05) is 24.7 Å². The second-order valence-electron chi connectivity index (χ2n) is 8.12. The lowest BCUT2D eigenvalue weighted by atomic mass is 9.97. The number of hydrogen-bond donors (Lipinski definition) is 1. The molecule has 0 atom stereocenters. The topological polar surface area (TPSA) is 106 Å². The molecule has 1 fully saturated rings. The Morgan fingerprint density at radius 1 is 1.18 bits per heavy atom. The normalized spacial score (nSPS) is 15.6. The van der Waals surface area contributed by atoms with Crippen LogP contribution >= 0.6 is 11.3 Å². The molecule has 1 aromatic carbocycles. The van der Waals surface area contributed by atoms with Crippen LogP contribution in [0.3, 0.4) is 0 Å². The van der Waals surface area contributed by atoms with Crippen molar-refractivity contribution in [3.63, 3.8) is 0 Å². The molecule has 1 amide bonds. The molecule has 0 saturated carbocycles. The van der Waals surface area contributed by atoms with Gasteiger partial charge in [0.15, 0.2) is 0 Å². The number of piperidine rings is 1. The summed E-state index contributed by atoms with van der Waals surface area (Å²) < 4.78 is 27.9. The van der Waals surface area contributed by atoms with E-state index < -0.39 is 10.0 Å². The lowest BCUT2D eigenvalue weighted by Crippen LogP contribution is -2.37. The van der Waals surface area contributed by atoms with Crippen molar-refractivity contribution in [1.82, 2.24) is 18.7 Å². The summed E-state index contributed by atoms with van der Waals surface area (Å²) in [4.78, 5) is 25.8. The van der Waals surface area contributed by atoms with Crippen molar-refractivity contribution in [2.45, 2.75) is 38.6 Å². The van der Waals surface area contributed by atoms with Gasteiger partial charge in [0.2, 0.25) is 15.9 Å². The van der Waals surface area contributed by atoms with Gasteiger partial charge in [0.25, 0.3) is 0 Å². The summed E-state index contributed by atoms with van der Waals surface area (Å²) in [6.45, 7) is 2.61. The maximum absolute atomic E-state index is 13.2. The highest BCUT2D eigenvalue weighted by Crippen LogP contribution is 2.29. The Morgan fingerprint density at radius 2 is 1.88 bits per heavy atom. The number of nitrogens with one attached hydrogen (secondary N) is 1. The fourth-order valence-electron chi connectivity index (χ4n) is 4.00. The smallest absolute Gasteiger partial charge is 0.324 e. The van der Waals surface area contributed by atoms with E-state index in [0.29, 0.717) is 37.4 Å². The van der Waals surface area contributed by atoms with Crippen LogP contribution in [0.5, 0.6) is 0 Å². The molecule has 1 N–H and O–H groups in total. The molecule has 9 nitrogen and oxygen atoms in total. The van der Waals surface area contributed by atoms with Crippen molar-refractivity contribution in [3.8, 4) is 5.00 Å². The monoisotopic (exact) mass is 489 g/mol.